The van der Waals surface area contributed by atoms with Gasteiger partial charge in [0.25, 0.3) is 0 Å². The van der Waals surface area contributed by atoms with E-state index in [2.05, 4.69) is 48.5 Å². The lowest BCUT2D eigenvalue weighted by Gasteiger charge is -1.99. The van der Waals surface area contributed by atoms with Gasteiger partial charge >= 0.3 is 0 Å². The highest BCUT2D eigenvalue weighted by Gasteiger charge is 2.07. The number of rotatable bonds is 1. The Morgan fingerprint density at radius 1 is 1.17 bits per heavy atom. The number of H-pyrrole nitrogens is 1. The first-order valence-corrected chi connectivity index (χ1v) is 7.15. The highest BCUT2D eigenvalue weighted by Crippen LogP contribution is 2.27. The molecule has 5 heteroatoms. The molecule has 90 valence electrons. The average Bonchev–Trinajstić information content (AvgIpc) is 2.75. The second-order valence-corrected chi connectivity index (χ2v) is 5.99. The summed E-state index contributed by atoms with van der Waals surface area (Å²) in [6, 6.07) is 11.4. The van der Waals surface area contributed by atoms with Crippen LogP contribution in [0.5, 0.6) is 5.75 Å². The number of imidazole rings is 1. The van der Waals surface area contributed by atoms with Gasteiger partial charge < -0.3 is 10.1 Å². The summed E-state index contributed by atoms with van der Waals surface area (Å²) >= 11 is 5.54. The van der Waals surface area contributed by atoms with E-state index in [9.17, 15) is 5.11 Å². The van der Waals surface area contributed by atoms with Crippen molar-refractivity contribution in [3.05, 3.63) is 44.4 Å². The van der Waals surface area contributed by atoms with Crippen LogP contribution in [0.3, 0.4) is 0 Å². The third-order valence-corrected chi connectivity index (χ3v) is 4.02. The number of nitrogens with one attached hydrogen (secondary N) is 1. The minimum absolute atomic E-state index is 0.290. The second kappa shape index (κ2) is 4.55. The molecule has 0 radical (unpaired) electrons. The molecule has 1 aromatic heterocycles. The maximum Gasteiger partial charge on any atom is 0.138 e. The molecule has 0 aliphatic heterocycles. The van der Waals surface area contributed by atoms with Crippen LogP contribution in [-0.2, 0) is 0 Å². The SMILES string of the molecule is Oc1ccc(-c2nc3ccc(Br)cc3[nH]2)cc1I. The standard InChI is InChI=1S/C13H8BrIN2O/c14-8-2-3-10-11(6-8)17-13(16-10)7-1-4-12(18)9(15)5-7/h1-6,18H,(H,16,17). The molecule has 0 spiro atoms. The number of phenolic OH excluding ortho intramolecular Hbond substituents is 1. The van der Waals surface area contributed by atoms with Crippen molar-refractivity contribution in [2.75, 3.05) is 0 Å². The highest BCUT2D eigenvalue weighted by molar-refractivity contribution is 14.1. The largest absolute Gasteiger partial charge is 0.507 e. The molecule has 18 heavy (non-hydrogen) atoms. The normalized spacial score (nSPS) is 11.0. The van der Waals surface area contributed by atoms with E-state index in [1.165, 1.54) is 0 Å². The number of hydrogen-bond donors (Lipinski definition) is 2. The fourth-order valence-electron chi connectivity index (χ4n) is 1.77. The van der Waals surface area contributed by atoms with Crippen molar-refractivity contribution < 1.29 is 5.11 Å². The monoisotopic (exact) mass is 414 g/mol. The first kappa shape index (κ1) is 12.0. The molecular formula is C13H8BrIN2O. The van der Waals surface area contributed by atoms with E-state index in [0.717, 1.165) is 30.5 Å². The zero-order valence-electron chi connectivity index (χ0n) is 9.11. The molecule has 0 amide bonds. The Kier molecular flexibility index (Phi) is 3.03. The fraction of sp³-hybridized carbons (Fsp3) is 0. The number of aromatic amines is 1. The third-order valence-electron chi connectivity index (χ3n) is 2.67. The molecule has 2 aromatic carbocycles. The van der Waals surface area contributed by atoms with Gasteiger partial charge in [0.15, 0.2) is 0 Å². The zero-order valence-corrected chi connectivity index (χ0v) is 12.9. The predicted octanol–water partition coefficient (Wildman–Crippen LogP) is 4.30. The highest BCUT2D eigenvalue weighted by atomic mass is 127. The van der Waals surface area contributed by atoms with Crippen molar-refractivity contribution in [1.29, 1.82) is 0 Å². The van der Waals surface area contributed by atoms with Crippen LogP contribution in [0.4, 0.5) is 0 Å². The van der Waals surface area contributed by atoms with Crippen molar-refractivity contribution in [2.45, 2.75) is 0 Å². The lowest BCUT2D eigenvalue weighted by atomic mass is 10.2. The van der Waals surface area contributed by atoms with Crippen LogP contribution in [0.25, 0.3) is 22.4 Å². The molecular weight excluding hydrogens is 407 g/mol. The average molecular weight is 415 g/mol. The maximum absolute atomic E-state index is 9.52. The number of nitrogens with zero attached hydrogens (tertiary/aromatic N) is 1. The summed E-state index contributed by atoms with van der Waals surface area (Å²) in [6.45, 7) is 0. The first-order valence-electron chi connectivity index (χ1n) is 5.27. The van der Waals surface area contributed by atoms with Crippen LogP contribution in [0, 0.1) is 3.57 Å². The predicted molar refractivity (Wildman–Crippen MR) is 83.6 cm³/mol. The Labute approximate surface area is 126 Å². The Bertz CT molecular complexity index is 739. The van der Waals surface area contributed by atoms with Gasteiger partial charge in [0.2, 0.25) is 0 Å². The van der Waals surface area contributed by atoms with Crippen LogP contribution >= 0.6 is 38.5 Å². The number of phenols is 1. The van der Waals surface area contributed by atoms with Crippen LogP contribution < -0.4 is 0 Å². The number of halogens is 2. The Morgan fingerprint density at radius 3 is 2.78 bits per heavy atom. The van der Waals surface area contributed by atoms with Gasteiger partial charge in [0, 0.05) is 10.0 Å². The van der Waals surface area contributed by atoms with Gasteiger partial charge in [-0.3, -0.25) is 0 Å². The van der Waals surface area contributed by atoms with Gasteiger partial charge in [-0.05, 0) is 59.0 Å². The molecule has 3 rings (SSSR count). The van der Waals surface area contributed by atoms with E-state index in [-0.39, 0.29) is 0 Å². The third kappa shape index (κ3) is 2.12. The molecule has 0 unspecified atom stereocenters. The summed E-state index contributed by atoms with van der Waals surface area (Å²) in [6.07, 6.45) is 0. The summed E-state index contributed by atoms with van der Waals surface area (Å²) in [5.74, 6) is 1.10. The molecule has 0 saturated carbocycles. The lowest BCUT2D eigenvalue weighted by Crippen LogP contribution is -1.82. The molecule has 0 saturated heterocycles. The van der Waals surface area contributed by atoms with E-state index in [4.69, 9.17) is 0 Å². The number of hydrogen-bond acceptors (Lipinski definition) is 2. The van der Waals surface area contributed by atoms with Crippen molar-refractivity contribution in [2.24, 2.45) is 0 Å². The molecule has 1 heterocycles. The van der Waals surface area contributed by atoms with Gasteiger partial charge in [-0.2, -0.15) is 0 Å². The lowest BCUT2D eigenvalue weighted by molar-refractivity contribution is 0.471. The van der Waals surface area contributed by atoms with E-state index in [0.29, 0.717) is 5.75 Å². The summed E-state index contributed by atoms with van der Waals surface area (Å²) in [4.78, 5) is 7.81. The molecule has 2 N–H and O–H groups in total. The first-order chi connectivity index (χ1) is 8.63. The Hall–Kier alpha value is -1.08. The summed E-state index contributed by atoms with van der Waals surface area (Å²) < 4.78 is 1.83. The van der Waals surface area contributed by atoms with Crippen molar-refractivity contribution >= 4 is 49.6 Å². The van der Waals surface area contributed by atoms with Crippen molar-refractivity contribution in [3.63, 3.8) is 0 Å². The van der Waals surface area contributed by atoms with Crippen LogP contribution in [0.2, 0.25) is 0 Å². The maximum atomic E-state index is 9.52. The quantitative estimate of drug-likeness (QED) is 0.583. The fourth-order valence-corrected chi connectivity index (χ4v) is 2.65. The van der Waals surface area contributed by atoms with Gasteiger partial charge in [-0.1, -0.05) is 15.9 Å². The number of aromatic hydroxyl groups is 1. The van der Waals surface area contributed by atoms with Gasteiger partial charge in [0.05, 0.1) is 14.6 Å². The molecule has 0 atom stereocenters. The minimum atomic E-state index is 0.290. The molecule has 0 aliphatic carbocycles. The number of aromatic nitrogens is 2. The van der Waals surface area contributed by atoms with E-state index >= 15 is 0 Å². The smallest absolute Gasteiger partial charge is 0.138 e. The van der Waals surface area contributed by atoms with Crippen LogP contribution in [0.1, 0.15) is 0 Å². The molecule has 0 bridgehead atoms. The van der Waals surface area contributed by atoms with Crippen molar-refractivity contribution in [1.82, 2.24) is 9.97 Å². The van der Waals surface area contributed by atoms with E-state index < -0.39 is 0 Å². The van der Waals surface area contributed by atoms with Crippen molar-refractivity contribution in [3.8, 4) is 17.1 Å². The summed E-state index contributed by atoms with van der Waals surface area (Å²) in [5.41, 5.74) is 2.88. The van der Waals surface area contributed by atoms with Gasteiger partial charge in [-0.25, -0.2) is 4.98 Å². The summed E-state index contributed by atoms with van der Waals surface area (Å²) in [5, 5.41) is 9.52. The second-order valence-electron chi connectivity index (χ2n) is 3.91. The molecule has 0 fully saturated rings. The topological polar surface area (TPSA) is 48.9 Å². The van der Waals surface area contributed by atoms with Gasteiger partial charge in [0.1, 0.15) is 11.6 Å². The zero-order chi connectivity index (χ0) is 12.7. The summed E-state index contributed by atoms with van der Waals surface area (Å²) in [7, 11) is 0. The molecule has 0 aliphatic rings. The van der Waals surface area contributed by atoms with Gasteiger partial charge in [-0.15, -0.1) is 0 Å². The van der Waals surface area contributed by atoms with Crippen LogP contribution in [-0.4, -0.2) is 15.1 Å². The number of benzene rings is 2. The van der Waals surface area contributed by atoms with E-state index in [1.54, 1.807) is 6.07 Å². The van der Waals surface area contributed by atoms with Crippen LogP contribution in [0.15, 0.2) is 40.9 Å². The molecule has 3 nitrogen and oxygen atoms in total. The Balaban J connectivity index is 2.16. The number of fused-ring (bicyclic) bond motifs is 1. The Morgan fingerprint density at radius 2 is 2.00 bits per heavy atom. The molecule has 3 aromatic rings. The minimum Gasteiger partial charge on any atom is -0.507 e. The van der Waals surface area contributed by atoms with E-state index in [1.807, 2.05) is 30.3 Å².